The van der Waals surface area contributed by atoms with E-state index in [0.717, 1.165) is 39.4 Å². The van der Waals surface area contributed by atoms with Crippen molar-refractivity contribution in [3.8, 4) is 11.3 Å². The van der Waals surface area contributed by atoms with Gasteiger partial charge in [-0.3, -0.25) is 9.38 Å². The summed E-state index contributed by atoms with van der Waals surface area (Å²) in [6, 6.07) is 10.3. The van der Waals surface area contributed by atoms with E-state index >= 15 is 0 Å². The molecule has 2 N–H and O–H groups in total. The number of aromatic nitrogens is 4. The molecule has 146 valence electrons. The molecule has 29 heavy (non-hydrogen) atoms. The Hall–Kier alpha value is -2.99. The van der Waals surface area contributed by atoms with Crippen LogP contribution in [0.25, 0.3) is 27.7 Å². The van der Waals surface area contributed by atoms with Crippen molar-refractivity contribution < 1.29 is 0 Å². The van der Waals surface area contributed by atoms with E-state index in [9.17, 15) is 0 Å². The topological polar surface area (TPSA) is 72.3 Å². The number of benzene rings is 1. The zero-order valence-corrected chi connectivity index (χ0v) is 16.3. The van der Waals surface area contributed by atoms with E-state index in [-0.39, 0.29) is 0 Å². The van der Waals surface area contributed by atoms with E-state index in [4.69, 9.17) is 10.7 Å². The molecule has 0 bridgehead atoms. The van der Waals surface area contributed by atoms with E-state index in [2.05, 4.69) is 43.5 Å². The minimum atomic E-state index is 0.489. The van der Waals surface area contributed by atoms with Crippen LogP contribution in [0, 0.1) is 5.92 Å². The number of nitrogens with zero attached hydrogens (tertiary/aromatic N) is 5. The Labute approximate surface area is 169 Å². The largest absolute Gasteiger partial charge is 0.382 e. The molecule has 0 amide bonds. The highest BCUT2D eigenvalue weighted by atomic mass is 15.2. The minimum Gasteiger partial charge on any atom is -0.382 e. The number of hydrogen-bond donors (Lipinski definition) is 1. The van der Waals surface area contributed by atoms with Crippen LogP contribution in [0.1, 0.15) is 31.0 Å². The molecule has 2 aliphatic rings. The zero-order valence-electron chi connectivity index (χ0n) is 16.3. The van der Waals surface area contributed by atoms with Crippen LogP contribution in [0.2, 0.25) is 0 Å². The van der Waals surface area contributed by atoms with E-state index in [0.29, 0.717) is 11.7 Å². The molecule has 0 radical (unpaired) electrons. The predicted molar refractivity (Wildman–Crippen MR) is 115 cm³/mol. The molecule has 6 nitrogen and oxygen atoms in total. The lowest BCUT2D eigenvalue weighted by Gasteiger charge is -2.41. The van der Waals surface area contributed by atoms with Gasteiger partial charge < -0.3 is 10.6 Å². The van der Waals surface area contributed by atoms with E-state index < -0.39 is 0 Å². The first-order valence-electron chi connectivity index (χ1n) is 10.5. The fourth-order valence-electron chi connectivity index (χ4n) is 4.82. The van der Waals surface area contributed by atoms with Gasteiger partial charge in [0.25, 0.3) is 0 Å². The number of pyridine rings is 1. The fraction of sp³-hybridized carbons (Fsp3) is 0.348. The summed E-state index contributed by atoms with van der Waals surface area (Å²) in [6.07, 6.45) is 9.37. The van der Waals surface area contributed by atoms with Gasteiger partial charge in [-0.1, -0.05) is 18.2 Å². The molecule has 0 unspecified atom stereocenters. The van der Waals surface area contributed by atoms with Crippen molar-refractivity contribution in [2.24, 2.45) is 5.92 Å². The second kappa shape index (κ2) is 6.52. The third-order valence-corrected chi connectivity index (χ3v) is 6.56. The first-order valence-corrected chi connectivity index (χ1v) is 10.5. The maximum Gasteiger partial charge on any atom is 0.150 e. The van der Waals surface area contributed by atoms with Gasteiger partial charge in [0.15, 0.2) is 0 Å². The van der Waals surface area contributed by atoms with Gasteiger partial charge in [0.05, 0.1) is 5.52 Å². The van der Waals surface area contributed by atoms with E-state index in [1.54, 1.807) is 6.20 Å². The molecule has 1 aromatic carbocycles. The lowest BCUT2D eigenvalue weighted by molar-refractivity contribution is 0.107. The number of nitrogen functional groups attached to an aromatic ring is 1. The molecular formula is C23H24N6. The molecule has 6 heteroatoms. The summed E-state index contributed by atoms with van der Waals surface area (Å²) >= 11 is 0. The van der Waals surface area contributed by atoms with Gasteiger partial charge in [-0.25, -0.2) is 9.97 Å². The van der Waals surface area contributed by atoms with Gasteiger partial charge in [-0.05, 0) is 50.4 Å². The summed E-state index contributed by atoms with van der Waals surface area (Å²) in [5.74, 6) is 2.92. The normalized spacial score (nSPS) is 21.9. The Morgan fingerprint density at radius 2 is 1.97 bits per heavy atom. The molecule has 4 heterocycles. The highest BCUT2D eigenvalue weighted by molar-refractivity contribution is 5.90. The quantitative estimate of drug-likeness (QED) is 0.580. The summed E-state index contributed by atoms with van der Waals surface area (Å²) in [6.45, 7) is 3.79. The number of hydrogen-bond acceptors (Lipinski definition) is 5. The third-order valence-electron chi connectivity index (χ3n) is 6.56. The second-order valence-corrected chi connectivity index (χ2v) is 8.45. The molecule has 0 atom stereocenters. The van der Waals surface area contributed by atoms with Crippen LogP contribution in [0.3, 0.4) is 0 Å². The second-order valence-electron chi connectivity index (χ2n) is 8.45. The van der Waals surface area contributed by atoms with Gasteiger partial charge in [-0.2, -0.15) is 0 Å². The Kier molecular flexibility index (Phi) is 3.81. The maximum atomic E-state index is 6.30. The van der Waals surface area contributed by atoms with Gasteiger partial charge in [0.1, 0.15) is 22.9 Å². The van der Waals surface area contributed by atoms with Gasteiger partial charge in [0, 0.05) is 42.0 Å². The van der Waals surface area contributed by atoms with Crippen LogP contribution in [0.5, 0.6) is 0 Å². The van der Waals surface area contributed by atoms with E-state index in [1.165, 1.54) is 38.9 Å². The molecule has 1 saturated carbocycles. The molecule has 3 aromatic heterocycles. The van der Waals surface area contributed by atoms with Gasteiger partial charge in [-0.15, -0.1) is 0 Å². The monoisotopic (exact) mass is 384 g/mol. The summed E-state index contributed by atoms with van der Waals surface area (Å²) < 4.78 is 2.16. The number of fused-ring (bicyclic) bond motifs is 2. The van der Waals surface area contributed by atoms with Gasteiger partial charge in [0.2, 0.25) is 0 Å². The average molecular weight is 384 g/mol. The van der Waals surface area contributed by atoms with Crippen molar-refractivity contribution in [2.45, 2.75) is 25.2 Å². The zero-order chi connectivity index (χ0) is 19.4. The maximum absolute atomic E-state index is 6.30. The standard InChI is InChI=1S/C23H24N6/c24-22-21-20(17-5-4-16-3-1-6-25-19(16)13-17)27-23(29(21)10-7-26-22)18-11-15(12-18)14-28-8-2-9-28/h1,3-7,10,13,15,18H,2,8-9,11-12,14H2,(H2,24,26). The van der Waals surface area contributed by atoms with Crippen LogP contribution in [-0.2, 0) is 0 Å². The Morgan fingerprint density at radius 3 is 2.79 bits per heavy atom. The molecule has 0 spiro atoms. The number of anilines is 1. The van der Waals surface area contributed by atoms with Crippen LogP contribution in [0.15, 0.2) is 48.9 Å². The van der Waals surface area contributed by atoms with Crippen molar-refractivity contribution in [1.29, 1.82) is 0 Å². The number of nitrogens with two attached hydrogens (primary N) is 1. The van der Waals surface area contributed by atoms with Crippen LogP contribution < -0.4 is 5.73 Å². The molecule has 1 aliphatic heterocycles. The summed E-state index contributed by atoms with van der Waals surface area (Å²) in [5.41, 5.74) is 10.1. The van der Waals surface area contributed by atoms with Crippen molar-refractivity contribution in [2.75, 3.05) is 25.4 Å². The number of likely N-dealkylation sites (tertiary alicyclic amines) is 1. The van der Waals surface area contributed by atoms with Crippen molar-refractivity contribution in [3.05, 3.63) is 54.7 Å². The summed E-state index contributed by atoms with van der Waals surface area (Å²) in [4.78, 5) is 16.5. The molecule has 6 rings (SSSR count). The van der Waals surface area contributed by atoms with Crippen molar-refractivity contribution >= 4 is 22.2 Å². The molecule has 1 aliphatic carbocycles. The predicted octanol–water partition coefficient (Wildman–Crippen LogP) is 3.73. The number of rotatable bonds is 4. The lowest BCUT2D eigenvalue weighted by atomic mass is 9.74. The van der Waals surface area contributed by atoms with E-state index in [1.807, 2.05) is 18.5 Å². The first kappa shape index (κ1) is 16.9. The summed E-state index contributed by atoms with van der Waals surface area (Å²) in [5, 5.41) is 1.12. The number of imidazole rings is 1. The van der Waals surface area contributed by atoms with Crippen LogP contribution >= 0.6 is 0 Å². The van der Waals surface area contributed by atoms with Crippen molar-refractivity contribution in [1.82, 2.24) is 24.3 Å². The molecule has 4 aromatic rings. The third kappa shape index (κ3) is 2.78. The Morgan fingerprint density at radius 1 is 1.07 bits per heavy atom. The Bertz CT molecular complexity index is 1200. The van der Waals surface area contributed by atoms with Gasteiger partial charge >= 0.3 is 0 Å². The summed E-state index contributed by atoms with van der Waals surface area (Å²) in [7, 11) is 0. The molecular weight excluding hydrogens is 360 g/mol. The lowest BCUT2D eigenvalue weighted by Crippen LogP contribution is -2.43. The average Bonchev–Trinajstić information content (AvgIpc) is 3.06. The van der Waals surface area contributed by atoms with Crippen molar-refractivity contribution in [3.63, 3.8) is 0 Å². The fourth-order valence-corrected chi connectivity index (χ4v) is 4.82. The smallest absolute Gasteiger partial charge is 0.150 e. The highest BCUT2D eigenvalue weighted by Gasteiger charge is 2.35. The first-order chi connectivity index (χ1) is 14.3. The molecule has 2 fully saturated rings. The van der Waals surface area contributed by atoms with Crippen LogP contribution in [0.4, 0.5) is 5.82 Å². The minimum absolute atomic E-state index is 0.489. The SMILES string of the molecule is Nc1nccn2c(C3CC(CN4CCC4)C3)nc(-c3ccc4cccnc4c3)c12. The molecule has 1 saturated heterocycles. The Balaban J connectivity index is 1.39. The highest BCUT2D eigenvalue weighted by Crippen LogP contribution is 2.43. The van der Waals surface area contributed by atoms with Crippen LogP contribution in [-0.4, -0.2) is 43.9 Å².